The molecule has 0 saturated carbocycles. The van der Waals surface area contributed by atoms with Gasteiger partial charge in [0.2, 0.25) is 0 Å². The summed E-state index contributed by atoms with van der Waals surface area (Å²) in [4.78, 5) is 4.72. The Kier molecular flexibility index (Phi) is 4.31. The first-order valence-electron chi connectivity index (χ1n) is 6.97. The molecule has 0 fully saturated rings. The van der Waals surface area contributed by atoms with Crippen molar-refractivity contribution in [3.05, 3.63) is 64.1 Å². The van der Waals surface area contributed by atoms with E-state index in [0.29, 0.717) is 22.8 Å². The molecular weight excluding hydrogens is 364 g/mol. The maximum atomic E-state index is 12.0. The van der Waals surface area contributed by atoms with Gasteiger partial charge < -0.3 is 0 Å². The van der Waals surface area contributed by atoms with Crippen molar-refractivity contribution in [2.24, 2.45) is 4.99 Å². The van der Waals surface area contributed by atoms with E-state index in [4.69, 9.17) is 0 Å². The van der Waals surface area contributed by atoms with Gasteiger partial charge in [0.15, 0.2) is 0 Å². The van der Waals surface area contributed by atoms with Gasteiger partial charge in [-0.15, -0.1) is 0 Å². The van der Waals surface area contributed by atoms with E-state index in [-0.39, 0.29) is 0 Å². The molecule has 3 rings (SSSR count). The molecule has 4 nitrogen and oxygen atoms in total. The molecule has 0 atom stereocenters. The van der Waals surface area contributed by atoms with Crippen LogP contribution in [0.15, 0.2) is 62.9 Å². The Morgan fingerprint density at radius 1 is 1.09 bits per heavy atom. The lowest BCUT2D eigenvalue weighted by molar-refractivity contribution is 0.595. The van der Waals surface area contributed by atoms with E-state index in [2.05, 4.69) is 37.8 Å². The van der Waals surface area contributed by atoms with E-state index < -0.39 is 10.0 Å². The molecule has 0 saturated heterocycles. The molecule has 0 aliphatic carbocycles. The summed E-state index contributed by atoms with van der Waals surface area (Å²) in [6.07, 6.45) is 1.77. The van der Waals surface area contributed by atoms with Crippen molar-refractivity contribution in [3.63, 3.8) is 0 Å². The van der Waals surface area contributed by atoms with Gasteiger partial charge in [-0.3, -0.25) is 9.71 Å². The highest BCUT2D eigenvalue weighted by Crippen LogP contribution is 2.22. The highest BCUT2D eigenvalue weighted by atomic mass is 79.9. The van der Waals surface area contributed by atoms with Gasteiger partial charge in [-0.05, 0) is 42.7 Å². The molecule has 2 aromatic rings. The molecule has 1 aliphatic rings. The van der Waals surface area contributed by atoms with Crippen LogP contribution in [-0.4, -0.2) is 20.8 Å². The average Bonchev–Trinajstić information content (AvgIpc) is 2.76. The first-order valence-corrected chi connectivity index (χ1v) is 9.25. The number of hydrogen-bond acceptors (Lipinski definition) is 3. The van der Waals surface area contributed by atoms with Crippen molar-refractivity contribution < 1.29 is 8.42 Å². The fourth-order valence-electron chi connectivity index (χ4n) is 2.42. The summed E-state index contributed by atoms with van der Waals surface area (Å²) in [5, 5.41) is 0. The van der Waals surface area contributed by atoms with Crippen molar-refractivity contribution in [1.82, 2.24) is 4.72 Å². The predicted molar refractivity (Wildman–Crippen MR) is 90.6 cm³/mol. The van der Waals surface area contributed by atoms with E-state index in [9.17, 15) is 8.42 Å². The Hall–Kier alpha value is -1.66. The number of nitrogens with zero attached hydrogens (tertiary/aromatic N) is 1. The minimum Gasteiger partial charge on any atom is -0.267 e. The van der Waals surface area contributed by atoms with Crippen LogP contribution in [0.2, 0.25) is 0 Å². The van der Waals surface area contributed by atoms with Gasteiger partial charge in [-0.2, -0.15) is 0 Å². The van der Waals surface area contributed by atoms with Gasteiger partial charge in [0.1, 0.15) is 5.84 Å². The molecule has 0 bridgehead atoms. The fraction of sp³-hybridized carbons (Fsp3) is 0.188. The second kappa shape index (κ2) is 6.22. The topological polar surface area (TPSA) is 58.5 Å². The molecule has 0 aromatic heterocycles. The van der Waals surface area contributed by atoms with Gasteiger partial charge in [0.25, 0.3) is 10.0 Å². The molecule has 1 heterocycles. The lowest BCUT2D eigenvalue weighted by Gasteiger charge is -2.01. The Morgan fingerprint density at radius 2 is 1.91 bits per heavy atom. The smallest absolute Gasteiger partial charge is 0.263 e. The molecule has 6 heteroatoms. The summed E-state index contributed by atoms with van der Waals surface area (Å²) >= 11 is 3.45. The van der Waals surface area contributed by atoms with E-state index in [1.54, 1.807) is 18.2 Å². The molecular formula is C16H15BrN2O2S. The van der Waals surface area contributed by atoms with Crippen LogP contribution in [0.5, 0.6) is 0 Å². The van der Waals surface area contributed by atoms with Crippen molar-refractivity contribution >= 4 is 31.8 Å². The van der Waals surface area contributed by atoms with Crippen LogP contribution < -0.4 is 4.72 Å². The molecule has 0 amide bonds. The van der Waals surface area contributed by atoms with Crippen molar-refractivity contribution in [1.29, 1.82) is 0 Å². The second-order valence-electron chi connectivity index (χ2n) is 5.07. The van der Waals surface area contributed by atoms with Gasteiger partial charge in [-0.1, -0.05) is 40.2 Å². The summed E-state index contributed by atoms with van der Waals surface area (Å²) in [6, 6.07) is 15.1. The number of fused-ring (bicyclic) bond motifs is 1. The average molecular weight is 379 g/mol. The molecule has 22 heavy (non-hydrogen) atoms. The largest absolute Gasteiger partial charge is 0.267 e. The Balaban J connectivity index is 1.67. The van der Waals surface area contributed by atoms with Crippen molar-refractivity contribution in [2.75, 3.05) is 6.54 Å². The summed E-state index contributed by atoms with van der Waals surface area (Å²) < 4.78 is 27.5. The first-order chi connectivity index (χ1) is 10.6. The summed E-state index contributed by atoms with van der Waals surface area (Å²) in [5.41, 5.74) is 1.90. The molecule has 0 spiro atoms. The van der Waals surface area contributed by atoms with Gasteiger partial charge in [-0.25, -0.2) is 8.42 Å². The Labute approximate surface area is 138 Å². The van der Waals surface area contributed by atoms with Crippen LogP contribution in [0.1, 0.15) is 17.5 Å². The number of sulfonamides is 1. The maximum Gasteiger partial charge on any atom is 0.263 e. The number of aliphatic imine (C=N–C) groups is 1. The van der Waals surface area contributed by atoms with Crippen LogP contribution in [-0.2, 0) is 16.4 Å². The van der Waals surface area contributed by atoms with E-state index in [0.717, 1.165) is 17.3 Å². The first kappa shape index (κ1) is 15.2. The van der Waals surface area contributed by atoms with Crippen molar-refractivity contribution in [3.8, 4) is 0 Å². The summed E-state index contributed by atoms with van der Waals surface area (Å²) in [7, 11) is -3.44. The lowest BCUT2D eigenvalue weighted by Crippen LogP contribution is -2.22. The quantitative estimate of drug-likeness (QED) is 0.830. The minimum absolute atomic E-state index is 0.306. The van der Waals surface area contributed by atoms with E-state index >= 15 is 0 Å². The normalized spacial score (nSPS) is 17.2. The Morgan fingerprint density at radius 3 is 2.73 bits per heavy atom. The van der Waals surface area contributed by atoms with Crippen LogP contribution in [0.3, 0.4) is 0 Å². The third-order valence-corrected chi connectivity index (χ3v) is 5.34. The molecule has 114 valence electrons. The standard InChI is InChI=1S/C16H15BrN2O2S/c17-13-7-3-5-12(11-13)6-4-10-18-16-14-8-1-2-9-15(14)22(20,21)19-16/h1-3,5,7-9,11H,4,6,10H2,(H,18,19). The number of halogens is 1. The van der Waals surface area contributed by atoms with E-state index in [1.807, 2.05) is 18.2 Å². The summed E-state index contributed by atoms with van der Waals surface area (Å²) in [5.74, 6) is 0.449. The molecule has 0 radical (unpaired) electrons. The highest BCUT2D eigenvalue weighted by molar-refractivity contribution is 9.10. The molecule has 0 unspecified atom stereocenters. The minimum atomic E-state index is -3.44. The van der Waals surface area contributed by atoms with Crippen LogP contribution in [0.4, 0.5) is 0 Å². The predicted octanol–water partition coefficient (Wildman–Crippen LogP) is 3.12. The second-order valence-corrected chi connectivity index (χ2v) is 7.63. The third-order valence-electron chi connectivity index (χ3n) is 3.45. The molecule has 1 N–H and O–H groups in total. The Bertz CT molecular complexity index is 832. The lowest BCUT2D eigenvalue weighted by atomic mass is 10.1. The number of hydrogen-bond donors (Lipinski definition) is 1. The zero-order valence-electron chi connectivity index (χ0n) is 11.8. The van der Waals surface area contributed by atoms with Gasteiger partial charge >= 0.3 is 0 Å². The summed E-state index contributed by atoms with van der Waals surface area (Å²) in [6.45, 7) is 0.582. The third kappa shape index (κ3) is 3.23. The fourth-order valence-corrected chi connectivity index (χ4v) is 4.12. The van der Waals surface area contributed by atoms with E-state index in [1.165, 1.54) is 5.56 Å². The van der Waals surface area contributed by atoms with Gasteiger partial charge in [0.05, 0.1) is 4.90 Å². The molecule has 1 aliphatic heterocycles. The van der Waals surface area contributed by atoms with Crippen LogP contribution in [0.25, 0.3) is 0 Å². The number of benzene rings is 2. The maximum absolute atomic E-state index is 12.0. The van der Waals surface area contributed by atoms with Crippen LogP contribution in [0, 0.1) is 0 Å². The zero-order valence-corrected chi connectivity index (χ0v) is 14.2. The number of aryl methyl sites for hydroxylation is 1. The van der Waals surface area contributed by atoms with Gasteiger partial charge in [0, 0.05) is 16.6 Å². The number of amidine groups is 1. The van der Waals surface area contributed by atoms with Crippen molar-refractivity contribution in [2.45, 2.75) is 17.7 Å². The SMILES string of the molecule is O=S1(=O)NC(=NCCCc2cccc(Br)c2)c2ccccc21. The zero-order chi connectivity index (χ0) is 15.6. The highest BCUT2D eigenvalue weighted by Gasteiger charge is 2.29. The molecule has 2 aromatic carbocycles. The number of nitrogens with one attached hydrogen (secondary N) is 1. The number of rotatable bonds is 4. The monoisotopic (exact) mass is 378 g/mol. The van der Waals surface area contributed by atoms with Crippen LogP contribution >= 0.6 is 15.9 Å².